The number of rotatable bonds is 10. The molecule has 7 heteroatoms. The van der Waals surface area contributed by atoms with Gasteiger partial charge in [-0.05, 0) is 31.9 Å². The maximum Gasteiger partial charge on any atom is 0.207 e. The number of aromatic nitrogens is 1. The average Bonchev–Trinajstić information content (AvgIpc) is 3.03. The van der Waals surface area contributed by atoms with Gasteiger partial charge in [0, 0.05) is 38.1 Å². The van der Waals surface area contributed by atoms with Crippen molar-refractivity contribution in [3.63, 3.8) is 0 Å². The number of aryl methyl sites for hydroxylation is 1. The zero-order chi connectivity index (χ0) is 19.8. The highest BCUT2D eigenvalue weighted by molar-refractivity contribution is 5.61. The second kappa shape index (κ2) is 14.3. The minimum Gasteiger partial charge on any atom is -0.399 e. The lowest BCUT2D eigenvalue weighted by atomic mass is 10.2. The largest absolute Gasteiger partial charge is 0.399 e. The van der Waals surface area contributed by atoms with Gasteiger partial charge >= 0.3 is 0 Å². The van der Waals surface area contributed by atoms with Crippen molar-refractivity contribution in [1.29, 1.82) is 0 Å². The van der Waals surface area contributed by atoms with Crippen LogP contribution < -0.4 is 11.1 Å². The summed E-state index contributed by atoms with van der Waals surface area (Å²) in [7, 11) is 1.92. The van der Waals surface area contributed by atoms with Gasteiger partial charge in [-0.2, -0.15) is 0 Å². The van der Waals surface area contributed by atoms with Crippen molar-refractivity contribution in [1.82, 2.24) is 15.4 Å². The molecule has 0 atom stereocenters. The Labute approximate surface area is 155 Å². The SMILES string of the molecule is C=C(N)/C=C\C=C(/C)c1cc(C)no1.C=CN=CN(C)CCCNC=O. The van der Waals surface area contributed by atoms with Crippen molar-refractivity contribution in [2.45, 2.75) is 20.3 Å². The average molecular weight is 359 g/mol. The number of allylic oxidation sites excluding steroid dienone is 4. The molecule has 0 spiro atoms. The van der Waals surface area contributed by atoms with Crippen molar-refractivity contribution in [2.24, 2.45) is 10.7 Å². The van der Waals surface area contributed by atoms with Crippen LogP contribution in [-0.2, 0) is 4.79 Å². The predicted molar refractivity (Wildman–Crippen MR) is 107 cm³/mol. The van der Waals surface area contributed by atoms with Gasteiger partial charge in [0.25, 0.3) is 0 Å². The van der Waals surface area contributed by atoms with Crippen LogP contribution in [0.1, 0.15) is 24.8 Å². The second-order valence-corrected chi connectivity index (χ2v) is 5.47. The van der Waals surface area contributed by atoms with Crippen LogP contribution in [-0.4, -0.2) is 42.9 Å². The Balaban J connectivity index is 0.000000488. The zero-order valence-electron chi connectivity index (χ0n) is 15.8. The van der Waals surface area contributed by atoms with Crippen LogP contribution in [0, 0.1) is 6.92 Å². The molecular weight excluding hydrogens is 330 g/mol. The number of hydrogen-bond acceptors (Lipinski definition) is 5. The summed E-state index contributed by atoms with van der Waals surface area (Å²) in [6, 6.07) is 1.89. The van der Waals surface area contributed by atoms with E-state index >= 15 is 0 Å². The molecule has 0 aliphatic carbocycles. The molecule has 142 valence electrons. The molecule has 0 unspecified atom stereocenters. The molecule has 26 heavy (non-hydrogen) atoms. The summed E-state index contributed by atoms with van der Waals surface area (Å²) in [6.45, 7) is 12.4. The van der Waals surface area contributed by atoms with Crippen LogP contribution in [0.15, 0.2) is 58.9 Å². The lowest BCUT2D eigenvalue weighted by molar-refractivity contribution is -0.109. The number of carbonyl (C=O) groups excluding carboxylic acids is 1. The van der Waals surface area contributed by atoms with Gasteiger partial charge in [-0.3, -0.25) is 4.79 Å². The Kier molecular flexibility index (Phi) is 12.6. The van der Waals surface area contributed by atoms with Crippen molar-refractivity contribution < 1.29 is 9.32 Å². The lowest BCUT2D eigenvalue weighted by Gasteiger charge is -2.11. The molecule has 0 aromatic carbocycles. The third kappa shape index (κ3) is 12.3. The van der Waals surface area contributed by atoms with Crippen LogP contribution in [0.3, 0.4) is 0 Å². The summed E-state index contributed by atoms with van der Waals surface area (Å²) < 4.78 is 5.08. The van der Waals surface area contributed by atoms with Gasteiger partial charge in [-0.15, -0.1) is 0 Å². The molecule has 0 radical (unpaired) electrons. The van der Waals surface area contributed by atoms with E-state index in [9.17, 15) is 4.79 Å². The first-order chi connectivity index (χ1) is 12.4. The molecule has 0 aliphatic rings. The van der Waals surface area contributed by atoms with E-state index in [-0.39, 0.29) is 0 Å². The quantitative estimate of drug-likeness (QED) is 0.220. The van der Waals surface area contributed by atoms with E-state index in [4.69, 9.17) is 10.3 Å². The number of hydrogen-bond donors (Lipinski definition) is 2. The highest BCUT2D eigenvalue weighted by Crippen LogP contribution is 2.14. The van der Waals surface area contributed by atoms with Crippen molar-refractivity contribution in [2.75, 3.05) is 20.1 Å². The molecule has 0 fully saturated rings. The first-order valence-electron chi connectivity index (χ1n) is 8.15. The Bertz CT molecular complexity index is 644. The Morgan fingerprint density at radius 2 is 2.27 bits per heavy atom. The number of nitrogens with zero attached hydrogens (tertiary/aromatic N) is 3. The molecule has 1 rings (SSSR count). The maximum atomic E-state index is 9.86. The molecule has 1 aromatic rings. The first-order valence-corrected chi connectivity index (χ1v) is 8.15. The number of nitrogens with one attached hydrogen (secondary N) is 1. The van der Waals surface area contributed by atoms with Gasteiger partial charge in [0.1, 0.15) is 0 Å². The molecule has 7 nitrogen and oxygen atoms in total. The van der Waals surface area contributed by atoms with E-state index in [1.54, 1.807) is 12.4 Å². The molecule has 1 aromatic heterocycles. The van der Waals surface area contributed by atoms with Gasteiger partial charge in [0.05, 0.1) is 12.0 Å². The van der Waals surface area contributed by atoms with E-state index in [0.29, 0.717) is 18.7 Å². The fourth-order valence-electron chi connectivity index (χ4n) is 1.66. The van der Waals surface area contributed by atoms with Crippen LogP contribution in [0.2, 0.25) is 0 Å². The van der Waals surface area contributed by atoms with Crippen molar-refractivity contribution in [3.8, 4) is 0 Å². The number of amides is 1. The first kappa shape index (κ1) is 22.9. The van der Waals surface area contributed by atoms with Gasteiger partial charge in [-0.25, -0.2) is 4.99 Å². The summed E-state index contributed by atoms with van der Waals surface area (Å²) in [5.74, 6) is 0.773. The molecule has 0 bridgehead atoms. The van der Waals surface area contributed by atoms with Gasteiger partial charge in [0.2, 0.25) is 6.41 Å². The van der Waals surface area contributed by atoms with Crippen molar-refractivity contribution >= 4 is 18.3 Å². The Morgan fingerprint density at radius 3 is 2.81 bits per heavy atom. The summed E-state index contributed by atoms with van der Waals surface area (Å²) in [5, 5.41) is 6.39. The van der Waals surface area contributed by atoms with Crippen LogP contribution in [0.25, 0.3) is 5.57 Å². The lowest BCUT2D eigenvalue weighted by Crippen LogP contribution is -2.22. The second-order valence-electron chi connectivity index (χ2n) is 5.47. The fourth-order valence-corrected chi connectivity index (χ4v) is 1.66. The third-order valence-corrected chi connectivity index (χ3v) is 2.96. The molecule has 3 N–H and O–H groups in total. The highest BCUT2D eigenvalue weighted by atomic mass is 16.5. The topological polar surface area (TPSA) is 96.8 Å². The Morgan fingerprint density at radius 1 is 1.54 bits per heavy atom. The van der Waals surface area contributed by atoms with Gasteiger partial charge in [-0.1, -0.05) is 30.5 Å². The van der Waals surface area contributed by atoms with Crippen LogP contribution in [0.5, 0.6) is 0 Å². The minimum absolute atomic E-state index is 0.530. The molecule has 0 aliphatic heterocycles. The molecular formula is C19H29N5O2. The van der Waals surface area contributed by atoms with E-state index in [1.165, 1.54) is 6.20 Å². The van der Waals surface area contributed by atoms with Crippen LogP contribution in [0.4, 0.5) is 0 Å². The Hall–Kier alpha value is -3.09. The van der Waals surface area contributed by atoms with E-state index in [0.717, 1.165) is 30.0 Å². The molecule has 0 saturated heterocycles. The number of nitrogens with two attached hydrogens (primary N) is 1. The zero-order valence-corrected chi connectivity index (χ0v) is 15.8. The van der Waals surface area contributed by atoms with E-state index in [2.05, 4.69) is 28.6 Å². The predicted octanol–water partition coefficient (Wildman–Crippen LogP) is 2.64. The number of aliphatic imine (C=N–C) groups is 1. The normalized spacial score (nSPS) is 11.1. The third-order valence-electron chi connectivity index (χ3n) is 2.96. The fraction of sp³-hybridized carbons (Fsp3) is 0.316. The van der Waals surface area contributed by atoms with E-state index < -0.39 is 0 Å². The van der Waals surface area contributed by atoms with Crippen molar-refractivity contribution in [3.05, 3.63) is 60.8 Å². The summed E-state index contributed by atoms with van der Waals surface area (Å²) in [4.78, 5) is 15.6. The maximum absolute atomic E-state index is 9.86. The number of carbonyl (C=O) groups is 1. The van der Waals surface area contributed by atoms with Gasteiger partial charge in [0.15, 0.2) is 5.76 Å². The molecule has 0 saturated carbocycles. The molecule has 1 amide bonds. The summed E-state index contributed by atoms with van der Waals surface area (Å²) >= 11 is 0. The minimum atomic E-state index is 0.530. The van der Waals surface area contributed by atoms with Crippen LogP contribution >= 0.6 is 0 Å². The summed E-state index contributed by atoms with van der Waals surface area (Å²) in [6.07, 6.45) is 10.3. The van der Waals surface area contributed by atoms with Gasteiger partial charge < -0.3 is 20.5 Å². The summed E-state index contributed by atoms with van der Waals surface area (Å²) in [5.41, 5.74) is 7.78. The standard InChI is InChI=1S/C11H14N2O.C8H15N3O/c1-8(5-4-6-9(2)12)11-7-10(3)13-14-11;1-3-9-7-11(2)6-4-5-10-8-12/h4-7H,2,12H2,1,3H3;3,7-8H,1,4-6H2,2H3,(H,10,12)/b6-4-,8-5+;. The molecule has 1 heterocycles. The van der Waals surface area contributed by atoms with E-state index in [1.807, 2.05) is 44.0 Å². The monoisotopic (exact) mass is 359 g/mol. The smallest absolute Gasteiger partial charge is 0.207 e. The highest BCUT2D eigenvalue weighted by Gasteiger charge is 2.00.